The van der Waals surface area contributed by atoms with E-state index in [4.69, 9.17) is 4.74 Å². The number of carbonyl (C=O) groups is 2. The first-order valence-electron chi connectivity index (χ1n) is 6.35. The number of aromatic nitrogens is 1. The summed E-state index contributed by atoms with van der Waals surface area (Å²) in [7, 11) is 3.14. The first-order valence-corrected chi connectivity index (χ1v) is 6.35. The lowest BCUT2D eigenvalue weighted by Crippen LogP contribution is -2.44. The number of fused-ring (bicyclic) bond motifs is 1. The third-order valence-corrected chi connectivity index (χ3v) is 3.35. The fourth-order valence-corrected chi connectivity index (χ4v) is 2.25. The lowest BCUT2D eigenvalue weighted by Gasteiger charge is -2.26. The van der Waals surface area contributed by atoms with Crippen LogP contribution in [0.4, 0.5) is 5.82 Å². The van der Waals surface area contributed by atoms with Gasteiger partial charge in [0.15, 0.2) is 0 Å². The summed E-state index contributed by atoms with van der Waals surface area (Å²) < 4.78 is 5.10. The van der Waals surface area contributed by atoms with Crippen molar-refractivity contribution in [3.8, 4) is 5.75 Å². The van der Waals surface area contributed by atoms with E-state index in [0.29, 0.717) is 22.7 Å². The first-order chi connectivity index (χ1) is 10.1. The number of rotatable bonds is 3. The summed E-state index contributed by atoms with van der Waals surface area (Å²) in [6.45, 7) is 0. The summed E-state index contributed by atoms with van der Waals surface area (Å²) in [6.07, 6.45) is 1.60. The molecule has 0 saturated heterocycles. The van der Waals surface area contributed by atoms with Gasteiger partial charge >= 0.3 is 0 Å². The molecule has 0 radical (unpaired) electrons. The zero-order chi connectivity index (χ0) is 15.0. The van der Waals surface area contributed by atoms with Crippen LogP contribution in [0.1, 0.15) is 20.7 Å². The Morgan fingerprint density at radius 1 is 1.10 bits per heavy atom. The smallest absolute Gasteiger partial charge is 0.280 e. The number of hydrogen-bond acceptors (Lipinski definition) is 5. The fourth-order valence-electron chi connectivity index (χ4n) is 2.25. The average molecular weight is 283 g/mol. The highest BCUT2D eigenvalue weighted by Crippen LogP contribution is 2.28. The summed E-state index contributed by atoms with van der Waals surface area (Å²) in [6, 6.07) is 10.1. The molecule has 6 heteroatoms. The second kappa shape index (κ2) is 4.90. The van der Waals surface area contributed by atoms with E-state index in [-0.39, 0.29) is 11.8 Å². The Morgan fingerprint density at radius 2 is 1.86 bits per heavy atom. The quantitative estimate of drug-likeness (QED) is 0.803. The summed E-state index contributed by atoms with van der Waals surface area (Å²) in [5.41, 5.74) is 0.700. The minimum atomic E-state index is -0.387. The van der Waals surface area contributed by atoms with Gasteiger partial charge in [0.05, 0.1) is 18.2 Å². The molecule has 1 aromatic carbocycles. The summed E-state index contributed by atoms with van der Waals surface area (Å²) >= 11 is 0. The monoisotopic (exact) mass is 283 g/mol. The van der Waals surface area contributed by atoms with Gasteiger partial charge in [-0.2, -0.15) is 5.01 Å². The molecule has 0 unspecified atom stereocenters. The van der Waals surface area contributed by atoms with Crippen molar-refractivity contribution in [2.75, 3.05) is 19.2 Å². The van der Waals surface area contributed by atoms with Crippen LogP contribution in [0.3, 0.4) is 0 Å². The molecule has 1 aliphatic heterocycles. The van der Waals surface area contributed by atoms with E-state index in [1.165, 1.54) is 12.1 Å². The van der Waals surface area contributed by atoms with Crippen molar-refractivity contribution in [3.05, 3.63) is 53.7 Å². The number of carbonyl (C=O) groups excluding carboxylic acids is 2. The van der Waals surface area contributed by atoms with Gasteiger partial charge in [0.1, 0.15) is 11.6 Å². The highest BCUT2D eigenvalue weighted by Gasteiger charge is 2.39. The number of pyridine rings is 1. The minimum absolute atomic E-state index is 0.335. The van der Waals surface area contributed by atoms with Crippen LogP contribution in [0.2, 0.25) is 0 Å². The van der Waals surface area contributed by atoms with Gasteiger partial charge in [-0.05, 0) is 30.3 Å². The maximum absolute atomic E-state index is 12.5. The normalized spacial score (nSPS) is 13.3. The summed E-state index contributed by atoms with van der Waals surface area (Å²) in [5, 5.41) is 2.52. The SMILES string of the molecule is COc1ccc2c(c1)C(=O)N(N(C)c1ccccn1)C2=O. The lowest BCUT2D eigenvalue weighted by molar-refractivity contribution is 0.0643. The molecule has 0 saturated carbocycles. The predicted molar refractivity (Wildman–Crippen MR) is 76.1 cm³/mol. The Labute approximate surface area is 121 Å². The Morgan fingerprint density at radius 3 is 2.52 bits per heavy atom. The van der Waals surface area contributed by atoms with E-state index in [2.05, 4.69) is 4.98 Å². The fraction of sp³-hybridized carbons (Fsp3) is 0.133. The number of anilines is 1. The van der Waals surface area contributed by atoms with Gasteiger partial charge in [-0.1, -0.05) is 6.07 Å². The van der Waals surface area contributed by atoms with Gasteiger partial charge in [-0.3, -0.25) is 14.6 Å². The van der Waals surface area contributed by atoms with Crippen molar-refractivity contribution >= 4 is 17.6 Å². The molecule has 106 valence electrons. The number of imide groups is 1. The van der Waals surface area contributed by atoms with Crippen molar-refractivity contribution < 1.29 is 14.3 Å². The maximum Gasteiger partial charge on any atom is 0.280 e. The van der Waals surface area contributed by atoms with E-state index in [1.807, 2.05) is 0 Å². The summed E-state index contributed by atoms with van der Waals surface area (Å²) in [5.74, 6) is 0.295. The zero-order valence-corrected chi connectivity index (χ0v) is 11.6. The maximum atomic E-state index is 12.5. The van der Waals surface area contributed by atoms with Crippen molar-refractivity contribution in [2.45, 2.75) is 0 Å². The molecule has 6 nitrogen and oxygen atoms in total. The second-order valence-corrected chi connectivity index (χ2v) is 4.55. The van der Waals surface area contributed by atoms with Crippen molar-refractivity contribution in [2.24, 2.45) is 0 Å². The number of ether oxygens (including phenoxy) is 1. The van der Waals surface area contributed by atoms with Crippen LogP contribution in [-0.4, -0.2) is 36.0 Å². The molecule has 0 N–H and O–H groups in total. The number of methoxy groups -OCH3 is 1. The van der Waals surface area contributed by atoms with Crippen LogP contribution < -0.4 is 9.75 Å². The average Bonchev–Trinajstić information content (AvgIpc) is 2.78. The number of benzene rings is 1. The molecule has 2 heterocycles. The standard InChI is InChI=1S/C15H13N3O3/c1-17(13-5-3-4-8-16-13)18-14(19)11-7-6-10(21-2)9-12(11)15(18)20/h3-9H,1-2H3. The van der Waals surface area contributed by atoms with Gasteiger partial charge in [0.25, 0.3) is 11.8 Å². The number of amides is 2. The second-order valence-electron chi connectivity index (χ2n) is 4.55. The number of hydrogen-bond donors (Lipinski definition) is 0. The topological polar surface area (TPSA) is 62.7 Å². The Bertz CT molecular complexity index is 715. The van der Waals surface area contributed by atoms with Gasteiger partial charge in [0.2, 0.25) is 0 Å². The van der Waals surface area contributed by atoms with Crippen molar-refractivity contribution in [1.82, 2.24) is 9.99 Å². The van der Waals surface area contributed by atoms with E-state index in [0.717, 1.165) is 5.01 Å². The largest absolute Gasteiger partial charge is 0.497 e. The molecule has 0 aliphatic carbocycles. The van der Waals surface area contributed by atoms with E-state index < -0.39 is 0 Å². The van der Waals surface area contributed by atoms with Crippen LogP contribution >= 0.6 is 0 Å². The minimum Gasteiger partial charge on any atom is -0.497 e. The number of nitrogens with zero attached hydrogens (tertiary/aromatic N) is 3. The zero-order valence-electron chi connectivity index (χ0n) is 11.6. The molecule has 2 amide bonds. The van der Waals surface area contributed by atoms with Crippen LogP contribution in [0.15, 0.2) is 42.6 Å². The lowest BCUT2D eigenvalue weighted by atomic mass is 10.1. The first kappa shape index (κ1) is 13.1. The van der Waals surface area contributed by atoms with Gasteiger partial charge in [-0.15, -0.1) is 0 Å². The Kier molecular flexibility index (Phi) is 3.06. The third kappa shape index (κ3) is 2.01. The molecular formula is C15H13N3O3. The molecule has 2 aromatic rings. The van der Waals surface area contributed by atoms with Crippen LogP contribution in [-0.2, 0) is 0 Å². The Hall–Kier alpha value is -2.89. The van der Waals surface area contributed by atoms with E-state index in [9.17, 15) is 9.59 Å². The molecule has 0 fully saturated rings. The predicted octanol–water partition coefficient (Wildman–Crippen LogP) is 1.74. The third-order valence-electron chi connectivity index (χ3n) is 3.35. The molecule has 0 bridgehead atoms. The number of hydrazine groups is 1. The molecule has 21 heavy (non-hydrogen) atoms. The molecular weight excluding hydrogens is 270 g/mol. The van der Waals surface area contributed by atoms with Crippen LogP contribution in [0.25, 0.3) is 0 Å². The Balaban J connectivity index is 2.00. The van der Waals surface area contributed by atoms with Gasteiger partial charge < -0.3 is 4.74 Å². The van der Waals surface area contributed by atoms with Crippen molar-refractivity contribution in [1.29, 1.82) is 0 Å². The molecule has 1 aromatic heterocycles. The van der Waals surface area contributed by atoms with Gasteiger partial charge in [-0.25, -0.2) is 4.98 Å². The van der Waals surface area contributed by atoms with Gasteiger partial charge in [0, 0.05) is 13.2 Å². The van der Waals surface area contributed by atoms with E-state index in [1.54, 1.807) is 49.6 Å². The summed E-state index contributed by atoms with van der Waals surface area (Å²) in [4.78, 5) is 29.0. The molecule has 0 atom stereocenters. The molecule has 0 spiro atoms. The van der Waals surface area contributed by atoms with Crippen LogP contribution in [0, 0.1) is 0 Å². The van der Waals surface area contributed by atoms with E-state index >= 15 is 0 Å². The highest BCUT2D eigenvalue weighted by molar-refractivity contribution is 6.22. The van der Waals surface area contributed by atoms with Crippen LogP contribution in [0.5, 0.6) is 5.75 Å². The molecule has 1 aliphatic rings. The van der Waals surface area contributed by atoms with Crippen molar-refractivity contribution in [3.63, 3.8) is 0 Å². The highest BCUT2D eigenvalue weighted by atomic mass is 16.5. The molecule has 3 rings (SSSR count).